The summed E-state index contributed by atoms with van der Waals surface area (Å²) in [5.41, 5.74) is 8.26. The van der Waals surface area contributed by atoms with Gasteiger partial charge in [0.05, 0.1) is 0 Å². The molecule has 3 N–H and O–H groups in total. The van der Waals surface area contributed by atoms with Crippen molar-refractivity contribution in [3.05, 3.63) is 23.8 Å². The van der Waals surface area contributed by atoms with E-state index in [2.05, 4.69) is 12.2 Å². The number of anilines is 2. The molecule has 0 saturated carbocycles. The molecule has 19 heavy (non-hydrogen) atoms. The van der Waals surface area contributed by atoms with Crippen LogP contribution in [0.5, 0.6) is 0 Å². The van der Waals surface area contributed by atoms with E-state index in [0.29, 0.717) is 12.1 Å². The summed E-state index contributed by atoms with van der Waals surface area (Å²) >= 11 is 1.93. The maximum absolute atomic E-state index is 11.8. The number of hydrogen-bond donors (Lipinski definition) is 2. The van der Waals surface area contributed by atoms with Gasteiger partial charge in [-0.2, -0.15) is 11.8 Å². The fourth-order valence-electron chi connectivity index (χ4n) is 1.67. The summed E-state index contributed by atoms with van der Waals surface area (Å²) in [6.07, 6.45) is 4.01. The predicted molar refractivity (Wildman–Crippen MR) is 85.7 cm³/mol. The monoisotopic (exact) mass is 280 g/mol. The zero-order chi connectivity index (χ0) is 14.1. The quantitative estimate of drug-likeness (QED) is 0.562. The van der Waals surface area contributed by atoms with E-state index >= 15 is 0 Å². The van der Waals surface area contributed by atoms with Gasteiger partial charge in [-0.1, -0.05) is 19.4 Å². The fraction of sp³-hybridized carbons (Fsp3) is 0.533. The number of unbranched alkanes of at least 4 members (excludes halogenated alkanes) is 1. The Balaban J connectivity index is 2.25. The molecule has 1 aromatic carbocycles. The van der Waals surface area contributed by atoms with Crippen LogP contribution in [0.4, 0.5) is 11.4 Å². The number of benzene rings is 1. The number of aryl methyl sites for hydroxylation is 1. The SMILES string of the molecule is CCCCSCCCC(=O)Nc1cc(N)ccc1C. The van der Waals surface area contributed by atoms with Crippen LogP contribution in [0.3, 0.4) is 0 Å². The lowest BCUT2D eigenvalue weighted by atomic mass is 10.1. The molecule has 0 heterocycles. The number of nitrogens with two attached hydrogens (primary N) is 1. The first-order chi connectivity index (χ1) is 9.13. The van der Waals surface area contributed by atoms with Crippen LogP contribution in [0.2, 0.25) is 0 Å². The highest BCUT2D eigenvalue weighted by atomic mass is 32.2. The third-order valence-electron chi connectivity index (χ3n) is 2.87. The zero-order valence-electron chi connectivity index (χ0n) is 11.9. The summed E-state index contributed by atoms with van der Waals surface area (Å²) in [6.45, 7) is 4.16. The molecule has 1 aromatic rings. The number of carbonyl (C=O) groups is 1. The van der Waals surface area contributed by atoms with Crippen LogP contribution in [-0.4, -0.2) is 17.4 Å². The molecule has 4 heteroatoms. The minimum atomic E-state index is 0.0739. The van der Waals surface area contributed by atoms with Gasteiger partial charge in [-0.15, -0.1) is 0 Å². The van der Waals surface area contributed by atoms with Crippen LogP contribution in [0.1, 0.15) is 38.2 Å². The Morgan fingerprint density at radius 2 is 2.05 bits per heavy atom. The Morgan fingerprint density at radius 3 is 2.79 bits per heavy atom. The highest BCUT2D eigenvalue weighted by molar-refractivity contribution is 7.99. The fourth-order valence-corrected chi connectivity index (χ4v) is 2.72. The maximum atomic E-state index is 11.8. The van der Waals surface area contributed by atoms with Gasteiger partial charge >= 0.3 is 0 Å². The van der Waals surface area contributed by atoms with Crippen molar-refractivity contribution in [2.75, 3.05) is 22.6 Å². The van der Waals surface area contributed by atoms with Gasteiger partial charge < -0.3 is 11.1 Å². The normalized spacial score (nSPS) is 10.4. The standard InChI is InChI=1S/C15H24N2OS/c1-3-4-9-19-10-5-6-15(18)17-14-11-13(16)8-7-12(14)2/h7-8,11H,3-6,9-10,16H2,1-2H3,(H,17,18). The van der Waals surface area contributed by atoms with Crippen LogP contribution in [0.25, 0.3) is 0 Å². The van der Waals surface area contributed by atoms with Gasteiger partial charge in [0.25, 0.3) is 0 Å². The van der Waals surface area contributed by atoms with Crippen molar-refractivity contribution in [1.29, 1.82) is 0 Å². The van der Waals surface area contributed by atoms with Crippen molar-refractivity contribution >= 4 is 29.0 Å². The van der Waals surface area contributed by atoms with Crippen molar-refractivity contribution in [3.8, 4) is 0 Å². The van der Waals surface area contributed by atoms with Gasteiger partial charge in [-0.25, -0.2) is 0 Å². The lowest BCUT2D eigenvalue weighted by Gasteiger charge is -2.09. The lowest BCUT2D eigenvalue weighted by molar-refractivity contribution is -0.116. The number of nitrogens with one attached hydrogen (secondary N) is 1. The second-order valence-corrected chi connectivity index (χ2v) is 5.92. The van der Waals surface area contributed by atoms with E-state index < -0.39 is 0 Å². The van der Waals surface area contributed by atoms with E-state index in [-0.39, 0.29) is 5.91 Å². The Labute approximate surface area is 120 Å². The van der Waals surface area contributed by atoms with E-state index in [4.69, 9.17) is 5.73 Å². The average Bonchev–Trinajstić information content (AvgIpc) is 2.38. The molecule has 0 bridgehead atoms. The zero-order valence-corrected chi connectivity index (χ0v) is 12.7. The van der Waals surface area contributed by atoms with E-state index in [0.717, 1.165) is 23.4 Å². The Bertz CT molecular complexity index is 407. The van der Waals surface area contributed by atoms with Gasteiger partial charge in [0.15, 0.2) is 0 Å². The minimum Gasteiger partial charge on any atom is -0.399 e. The molecule has 0 aliphatic rings. The molecule has 0 atom stereocenters. The summed E-state index contributed by atoms with van der Waals surface area (Å²) in [5, 5.41) is 2.92. The second kappa shape index (κ2) is 8.86. The first kappa shape index (κ1) is 15.9. The van der Waals surface area contributed by atoms with Crippen LogP contribution in [-0.2, 0) is 4.79 Å². The number of rotatable bonds is 8. The molecule has 0 unspecified atom stereocenters. The molecule has 0 radical (unpaired) electrons. The number of amides is 1. The summed E-state index contributed by atoms with van der Waals surface area (Å²) in [4.78, 5) is 11.8. The van der Waals surface area contributed by atoms with Gasteiger partial charge in [0.1, 0.15) is 0 Å². The molecule has 0 saturated heterocycles. The third kappa shape index (κ3) is 6.53. The molecule has 0 spiro atoms. The molecule has 0 aromatic heterocycles. The minimum absolute atomic E-state index is 0.0739. The molecule has 3 nitrogen and oxygen atoms in total. The average molecular weight is 280 g/mol. The third-order valence-corrected chi connectivity index (χ3v) is 4.03. The van der Waals surface area contributed by atoms with Gasteiger partial charge in [-0.05, 0) is 49.0 Å². The maximum Gasteiger partial charge on any atom is 0.224 e. The first-order valence-electron chi connectivity index (χ1n) is 6.87. The van der Waals surface area contributed by atoms with Crippen LogP contribution >= 0.6 is 11.8 Å². The molecule has 1 amide bonds. The lowest BCUT2D eigenvalue weighted by Crippen LogP contribution is -2.12. The van der Waals surface area contributed by atoms with Gasteiger partial charge in [0.2, 0.25) is 5.91 Å². The summed E-state index contributed by atoms with van der Waals surface area (Å²) in [7, 11) is 0. The number of carbonyl (C=O) groups excluding carboxylic acids is 1. The Hall–Kier alpha value is -1.16. The summed E-state index contributed by atoms with van der Waals surface area (Å²) < 4.78 is 0. The van der Waals surface area contributed by atoms with E-state index in [1.807, 2.05) is 36.9 Å². The molecule has 0 aliphatic carbocycles. The molecule has 106 valence electrons. The van der Waals surface area contributed by atoms with Crippen molar-refractivity contribution in [1.82, 2.24) is 0 Å². The molecule has 0 fully saturated rings. The molecular weight excluding hydrogens is 256 g/mol. The van der Waals surface area contributed by atoms with Crippen LogP contribution in [0, 0.1) is 6.92 Å². The highest BCUT2D eigenvalue weighted by Crippen LogP contribution is 2.18. The van der Waals surface area contributed by atoms with Crippen molar-refractivity contribution in [2.24, 2.45) is 0 Å². The second-order valence-electron chi connectivity index (χ2n) is 4.69. The van der Waals surface area contributed by atoms with E-state index in [1.54, 1.807) is 0 Å². The number of thioether (sulfide) groups is 1. The molecule has 1 rings (SSSR count). The van der Waals surface area contributed by atoms with Crippen LogP contribution in [0.15, 0.2) is 18.2 Å². The molecular formula is C15H24N2OS. The topological polar surface area (TPSA) is 55.1 Å². The van der Waals surface area contributed by atoms with Crippen molar-refractivity contribution < 1.29 is 4.79 Å². The highest BCUT2D eigenvalue weighted by Gasteiger charge is 2.05. The Kier molecular flexibility index (Phi) is 7.41. The van der Waals surface area contributed by atoms with Crippen LogP contribution < -0.4 is 11.1 Å². The van der Waals surface area contributed by atoms with E-state index in [9.17, 15) is 4.79 Å². The largest absolute Gasteiger partial charge is 0.399 e. The van der Waals surface area contributed by atoms with Gasteiger partial charge in [-0.3, -0.25) is 4.79 Å². The van der Waals surface area contributed by atoms with Gasteiger partial charge in [0, 0.05) is 17.8 Å². The number of nitrogen functional groups attached to an aromatic ring is 1. The van der Waals surface area contributed by atoms with Crippen molar-refractivity contribution in [2.45, 2.75) is 39.5 Å². The smallest absolute Gasteiger partial charge is 0.224 e. The summed E-state index contributed by atoms with van der Waals surface area (Å²) in [5.74, 6) is 2.33. The predicted octanol–water partition coefficient (Wildman–Crippen LogP) is 3.83. The number of hydrogen-bond acceptors (Lipinski definition) is 3. The molecule has 0 aliphatic heterocycles. The first-order valence-corrected chi connectivity index (χ1v) is 8.02. The summed E-state index contributed by atoms with van der Waals surface area (Å²) in [6, 6.07) is 5.57. The Morgan fingerprint density at radius 1 is 1.32 bits per heavy atom. The van der Waals surface area contributed by atoms with E-state index in [1.165, 1.54) is 18.6 Å². The van der Waals surface area contributed by atoms with Crippen molar-refractivity contribution in [3.63, 3.8) is 0 Å².